The van der Waals surface area contributed by atoms with Gasteiger partial charge in [-0.15, -0.1) is 0 Å². The summed E-state index contributed by atoms with van der Waals surface area (Å²) in [6, 6.07) is 20.8. The number of methoxy groups -OCH3 is 3. The molecule has 1 aromatic heterocycles. The Labute approximate surface area is 196 Å². The first kappa shape index (κ1) is 22.7. The average Bonchev–Trinajstić information content (AvgIpc) is 3.29. The summed E-state index contributed by atoms with van der Waals surface area (Å²) < 4.78 is 15.7. The van der Waals surface area contributed by atoms with Crippen LogP contribution < -0.4 is 14.2 Å². The molecule has 0 saturated heterocycles. The smallest absolute Gasteiger partial charge is 0.352 e. The van der Waals surface area contributed by atoms with Gasteiger partial charge in [-0.25, -0.2) is 4.79 Å². The monoisotopic (exact) mass is 457 g/mol. The molecule has 3 aromatic carbocycles. The second-order valence-corrected chi connectivity index (χ2v) is 7.44. The highest BCUT2D eigenvalue weighted by Crippen LogP contribution is 2.40. The second-order valence-electron chi connectivity index (χ2n) is 7.44. The first-order valence-corrected chi connectivity index (χ1v) is 10.4. The zero-order chi connectivity index (χ0) is 24.2. The first-order valence-electron chi connectivity index (χ1n) is 10.4. The van der Waals surface area contributed by atoms with Gasteiger partial charge in [0.05, 0.1) is 27.0 Å². The van der Waals surface area contributed by atoms with Crippen LogP contribution in [0.15, 0.2) is 72.8 Å². The normalized spacial score (nSPS) is 10.6. The van der Waals surface area contributed by atoms with Crippen LogP contribution in [-0.2, 0) is 0 Å². The van der Waals surface area contributed by atoms with Gasteiger partial charge >= 0.3 is 5.97 Å². The van der Waals surface area contributed by atoms with Crippen molar-refractivity contribution in [3.63, 3.8) is 0 Å². The predicted octanol–water partition coefficient (Wildman–Crippen LogP) is 5.30. The Hall–Kier alpha value is -4.52. The molecule has 4 rings (SSSR count). The number of carboxylic acid groups (broad SMARTS) is 1. The van der Waals surface area contributed by atoms with Crippen LogP contribution in [0.25, 0.3) is 22.3 Å². The Morgan fingerprint density at radius 3 is 1.38 bits per heavy atom. The van der Waals surface area contributed by atoms with Crippen LogP contribution in [0.1, 0.15) is 26.5 Å². The molecular formula is C27H23NO6. The summed E-state index contributed by atoms with van der Waals surface area (Å²) in [6.45, 7) is 0. The van der Waals surface area contributed by atoms with Crippen molar-refractivity contribution < 1.29 is 28.9 Å². The van der Waals surface area contributed by atoms with E-state index in [2.05, 4.69) is 4.98 Å². The van der Waals surface area contributed by atoms with Gasteiger partial charge in [0.2, 0.25) is 5.78 Å². The molecule has 0 atom stereocenters. The number of hydrogen-bond acceptors (Lipinski definition) is 5. The van der Waals surface area contributed by atoms with Gasteiger partial charge < -0.3 is 24.3 Å². The number of aromatic nitrogens is 1. The summed E-state index contributed by atoms with van der Waals surface area (Å²) in [5, 5.41) is 10.0. The second kappa shape index (κ2) is 9.54. The van der Waals surface area contributed by atoms with Crippen molar-refractivity contribution in [2.24, 2.45) is 0 Å². The molecule has 0 spiro atoms. The highest BCUT2D eigenvalue weighted by molar-refractivity contribution is 6.16. The Morgan fingerprint density at radius 2 is 1.00 bits per heavy atom. The van der Waals surface area contributed by atoms with Gasteiger partial charge in [-0.2, -0.15) is 0 Å². The van der Waals surface area contributed by atoms with Gasteiger partial charge in [-0.3, -0.25) is 4.79 Å². The minimum absolute atomic E-state index is 0.0761. The highest BCUT2D eigenvalue weighted by atomic mass is 16.5. The SMILES string of the molecule is COc1ccc(C(=O)c2[nH]c(C(=O)O)c(-c3ccc(OC)cc3)c2-c2ccc(OC)cc2)cc1. The van der Waals surface area contributed by atoms with E-state index in [9.17, 15) is 14.7 Å². The first-order chi connectivity index (χ1) is 16.5. The van der Waals surface area contributed by atoms with Crippen molar-refractivity contribution >= 4 is 11.8 Å². The molecule has 0 bridgehead atoms. The van der Waals surface area contributed by atoms with E-state index in [0.29, 0.717) is 45.1 Å². The minimum Gasteiger partial charge on any atom is -0.497 e. The van der Waals surface area contributed by atoms with E-state index >= 15 is 0 Å². The maximum atomic E-state index is 13.6. The summed E-state index contributed by atoms with van der Waals surface area (Å²) in [7, 11) is 4.67. The third kappa shape index (κ3) is 4.23. The van der Waals surface area contributed by atoms with E-state index < -0.39 is 5.97 Å². The van der Waals surface area contributed by atoms with Gasteiger partial charge in [-0.1, -0.05) is 24.3 Å². The molecule has 7 nitrogen and oxygen atoms in total. The topological polar surface area (TPSA) is 97.9 Å². The fourth-order valence-corrected chi connectivity index (χ4v) is 3.81. The van der Waals surface area contributed by atoms with Crippen LogP contribution >= 0.6 is 0 Å². The molecule has 0 amide bonds. The van der Waals surface area contributed by atoms with Crippen LogP contribution in [0.3, 0.4) is 0 Å². The Morgan fingerprint density at radius 1 is 0.618 bits per heavy atom. The van der Waals surface area contributed by atoms with Crippen LogP contribution in [0.2, 0.25) is 0 Å². The Kier molecular flexibility index (Phi) is 6.36. The van der Waals surface area contributed by atoms with Crippen LogP contribution in [0.5, 0.6) is 17.2 Å². The number of carboxylic acids is 1. The summed E-state index contributed by atoms with van der Waals surface area (Å²) in [5.41, 5.74) is 2.71. The van der Waals surface area contributed by atoms with E-state index in [4.69, 9.17) is 14.2 Å². The summed E-state index contributed by atoms with van der Waals surface area (Å²) in [4.78, 5) is 28.7. The minimum atomic E-state index is -1.17. The van der Waals surface area contributed by atoms with Crippen molar-refractivity contribution in [3.8, 4) is 39.5 Å². The van der Waals surface area contributed by atoms with E-state index in [0.717, 1.165) is 0 Å². The lowest BCUT2D eigenvalue weighted by molar-refractivity contribution is 0.0692. The van der Waals surface area contributed by atoms with Gasteiger partial charge in [0, 0.05) is 16.7 Å². The van der Waals surface area contributed by atoms with Gasteiger partial charge in [0.15, 0.2) is 0 Å². The number of carbonyl (C=O) groups is 2. The molecule has 0 aliphatic rings. The number of ketones is 1. The van der Waals surface area contributed by atoms with Gasteiger partial charge in [0.1, 0.15) is 22.9 Å². The van der Waals surface area contributed by atoms with Crippen LogP contribution in [-0.4, -0.2) is 43.2 Å². The van der Waals surface area contributed by atoms with Crippen molar-refractivity contribution in [1.82, 2.24) is 4.98 Å². The number of ether oxygens (including phenoxy) is 3. The quantitative estimate of drug-likeness (QED) is 0.348. The summed E-state index contributed by atoms with van der Waals surface area (Å²) in [6.07, 6.45) is 0. The lowest BCUT2D eigenvalue weighted by atomic mass is 9.92. The molecule has 0 unspecified atom stereocenters. The van der Waals surface area contributed by atoms with Crippen LogP contribution in [0, 0.1) is 0 Å². The lowest BCUT2D eigenvalue weighted by Crippen LogP contribution is -2.05. The number of rotatable bonds is 8. The average molecular weight is 457 g/mol. The summed E-state index contributed by atoms with van der Waals surface area (Å²) in [5.74, 6) is 0.386. The number of carbonyl (C=O) groups excluding carboxylic acids is 1. The number of hydrogen-bond donors (Lipinski definition) is 2. The molecule has 4 aromatic rings. The van der Waals surface area contributed by atoms with Crippen molar-refractivity contribution in [3.05, 3.63) is 89.7 Å². The predicted molar refractivity (Wildman–Crippen MR) is 128 cm³/mol. The fourth-order valence-electron chi connectivity index (χ4n) is 3.81. The molecule has 34 heavy (non-hydrogen) atoms. The zero-order valence-corrected chi connectivity index (χ0v) is 18.9. The van der Waals surface area contributed by atoms with Crippen molar-refractivity contribution in [1.29, 1.82) is 0 Å². The Balaban J connectivity index is 1.97. The maximum absolute atomic E-state index is 13.6. The Bertz CT molecular complexity index is 1320. The number of aromatic amines is 1. The number of benzene rings is 3. The van der Waals surface area contributed by atoms with Crippen molar-refractivity contribution in [2.75, 3.05) is 21.3 Å². The molecule has 0 fully saturated rings. The molecule has 0 aliphatic carbocycles. The zero-order valence-electron chi connectivity index (χ0n) is 18.9. The van der Waals surface area contributed by atoms with E-state index in [1.807, 2.05) is 0 Å². The molecule has 0 saturated carbocycles. The fraction of sp³-hybridized carbons (Fsp3) is 0.111. The third-order valence-electron chi connectivity index (χ3n) is 5.55. The van der Waals surface area contributed by atoms with Gasteiger partial charge in [0.25, 0.3) is 0 Å². The molecule has 2 N–H and O–H groups in total. The number of H-pyrrole nitrogens is 1. The molecular weight excluding hydrogens is 434 g/mol. The summed E-state index contributed by atoms with van der Waals surface area (Å²) >= 11 is 0. The molecule has 7 heteroatoms. The largest absolute Gasteiger partial charge is 0.497 e. The van der Waals surface area contributed by atoms with E-state index in [-0.39, 0.29) is 17.2 Å². The van der Waals surface area contributed by atoms with E-state index in [1.165, 1.54) is 0 Å². The maximum Gasteiger partial charge on any atom is 0.352 e. The molecule has 172 valence electrons. The van der Waals surface area contributed by atoms with Crippen molar-refractivity contribution in [2.45, 2.75) is 0 Å². The number of nitrogens with one attached hydrogen (secondary N) is 1. The number of aromatic carboxylic acids is 1. The van der Waals surface area contributed by atoms with Crippen LogP contribution in [0.4, 0.5) is 0 Å². The lowest BCUT2D eigenvalue weighted by Gasteiger charge is -2.10. The standard InChI is InChI=1S/C27H23NO6/c1-32-19-10-4-16(5-11-19)22-23(17-6-12-20(33-2)13-7-17)25(27(30)31)28-24(22)26(29)18-8-14-21(34-3)15-9-18/h4-15,28H,1-3H3,(H,30,31). The molecule has 1 heterocycles. The van der Waals surface area contributed by atoms with Gasteiger partial charge in [-0.05, 0) is 59.7 Å². The molecule has 0 aliphatic heterocycles. The van der Waals surface area contributed by atoms with E-state index in [1.54, 1.807) is 94.1 Å². The molecule has 0 radical (unpaired) electrons. The highest BCUT2D eigenvalue weighted by Gasteiger charge is 2.28. The third-order valence-corrected chi connectivity index (χ3v) is 5.55.